The lowest BCUT2D eigenvalue weighted by atomic mass is 9.74. The highest BCUT2D eigenvalue weighted by molar-refractivity contribution is 5.78. The predicted octanol–water partition coefficient (Wildman–Crippen LogP) is 2.06. The minimum absolute atomic E-state index is 0.0484. The molecular formula is C17H25F3N2O4. The van der Waals surface area contributed by atoms with Crippen LogP contribution < -0.4 is 5.32 Å². The highest BCUT2D eigenvalue weighted by Crippen LogP contribution is 2.51. The molecule has 1 aliphatic heterocycles. The molecule has 3 aliphatic rings. The van der Waals surface area contributed by atoms with Gasteiger partial charge in [0.05, 0.1) is 12.1 Å². The number of nitrogens with one attached hydrogen (secondary N) is 1. The van der Waals surface area contributed by atoms with E-state index in [1.807, 2.05) is 0 Å². The number of aliphatic hydroxyl groups excluding tert-OH is 1. The summed E-state index contributed by atoms with van der Waals surface area (Å²) in [6.45, 7) is 5.44. The fourth-order valence-electron chi connectivity index (χ4n) is 4.85. The first kappa shape index (κ1) is 19.3. The number of rotatable bonds is 2. The number of carbonyl (C=O) groups is 2. The van der Waals surface area contributed by atoms with Crippen LogP contribution in [0.5, 0.6) is 0 Å². The standard InChI is InChI=1S/C17H25F3N2O4/c1-16(2,3)26-15(25)21-12-9-4-8-5-10(12)14(24)13(9)22(7-8)11(23)6-17(18,19)20/h8-10,12-14,24H,4-7H2,1-3H3,(H,21,25). The second-order valence-corrected chi connectivity index (χ2v) is 8.66. The van der Waals surface area contributed by atoms with Crippen molar-refractivity contribution >= 4 is 12.0 Å². The third-order valence-corrected chi connectivity index (χ3v) is 5.53. The Labute approximate surface area is 150 Å². The molecule has 3 fully saturated rings. The summed E-state index contributed by atoms with van der Waals surface area (Å²) in [4.78, 5) is 25.5. The van der Waals surface area contributed by atoms with Gasteiger partial charge >= 0.3 is 12.3 Å². The van der Waals surface area contributed by atoms with Gasteiger partial charge in [-0.1, -0.05) is 0 Å². The van der Waals surface area contributed by atoms with Gasteiger partial charge in [-0.15, -0.1) is 0 Å². The van der Waals surface area contributed by atoms with E-state index in [-0.39, 0.29) is 24.3 Å². The van der Waals surface area contributed by atoms with Crippen molar-refractivity contribution in [2.75, 3.05) is 6.54 Å². The Balaban J connectivity index is 1.75. The summed E-state index contributed by atoms with van der Waals surface area (Å²) in [6, 6.07) is -1.09. The van der Waals surface area contributed by atoms with Crippen LogP contribution in [-0.4, -0.2) is 58.5 Å². The first-order chi connectivity index (χ1) is 11.9. The second-order valence-electron chi connectivity index (χ2n) is 8.66. The van der Waals surface area contributed by atoms with Crippen molar-refractivity contribution in [3.05, 3.63) is 0 Å². The molecule has 0 radical (unpaired) electrons. The molecule has 0 spiro atoms. The van der Waals surface area contributed by atoms with Crippen LogP contribution in [0.4, 0.5) is 18.0 Å². The molecule has 1 saturated heterocycles. The van der Waals surface area contributed by atoms with Crippen LogP contribution in [0.3, 0.4) is 0 Å². The van der Waals surface area contributed by atoms with Gasteiger partial charge in [-0.05, 0) is 39.5 Å². The zero-order valence-corrected chi connectivity index (χ0v) is 15.0. The Morgan fingerprint density at radius 2 is 1.81 bits per heavy atom. The minimum atomic E-state index is -4.58. The van der Waals surface area contributed by atoms with E-state index in [1.165, 1.54) is 4.90 Å². The molecule has 6 atom stereocenters. The number of likely N-dealkylation sites (tertiary alicyclic amines) is 1. The fourth-order valence-corrected chi connectivity index (χ4v) is 4.85. The van der Waals surface area contributed by atoms with Crippen LogP contribution in [0.1, 0.15) is 40.0 Å². The number of carbonyl (C=O) groups excluding carboxylic acids is 2. The first-order valence-corrected chi connectivity index (χ1v) is 8.89. The van der Waals surface area contributed by atoms with E-state index in [0.29, 0.717) is 12.8 Å². The lowest BCUT2D eigenvalue weighted by molar-refractivity contribution is -0.167. The molecule has 0 aromatic carbocycles. The van der Waals surface area contributed by atoms with Crippen molar-refractivity contribution in [1.82, 2.24) is 10.2 Å². The van der Waals surface area contributed by atoms with E-state index >= 15 is 0 Å². The molecule has 6 unspecified atom stereocenters. The average Bonchev–Trinajstić information content (AvgIpc) is 2.57. The molecule has 9 heteroatoms. The largest absolute Gasteiger partial charge is 0.444 e. The molecule has 2 amide bonds. The predicted molar refractivity (Wildman–Crippen MR) is 85.0 cm³/mol. The van der Waals surface area contributed by atoms with Gasteiger partial charge in [-0.25, -0.2) is 4.79 Å². The second kappa shape index (κ2) is 6.28. The third-order valence-electron chi connectivity index (χ3n) is 5.53. The van der Waals surface area contributed by atoms with Gasteiger partial charge in [0, 0.05) is 24.4 Å². The molecule has 3 bridgehead atoms. The van der Waals surface area contributed by atoms with Crippen LogP contribution in [0.25, 0.3) is 0 Å². The van der Waals surface area contributed by atoms with Crippen molar-refractivity contribution in [3.8, 4) is 0 Å². The number of hydrogen-bond donors (Lipinski definition) is 2. The number of nitrogens with zero attached hydrogens (tertiary/aromatic N) is 1. The van der Waals surface area contributed by atoms with E-state index in [4.69, 9.17) is 4.74 Å². The normalized spacial score (nSPS) is 36.2. The highest BCUT2D eigenvalue weighted by Gasteiger charge is 2.60. The number of amides is 2. The van der Waals surface area contributed by atoms with Gasteiger partial charge < -0.3 is 20.1 Å². The van der Waals surface area contributed by atoms with Crippen molar-refractivity contribution in [2.45, 2.75) is 70.0 Å². The van der Waals surface area contributed by atoms with Crippen molar-refractivity contribution < 1.29 is 32.6 Å². The lowest BCUT2D eigenvalue weighted by Crippen LogP contribution is -2.57. The third kappa shape index (κ3) is 3.77. The molecule has 0 aromatic heterocycles. The first-order valence-electron chi connectivity index (χ1n) is 8.89. The topological polar surface area (TPSA) is 78.9 Å². The molecule has 0 aromatic rings. The van der Waals surface area contributed by atoms with Crippen molar-refractivity contribution in [2.24, 2.45) is 17.8 Å². The number of ether oxygens (including phenoxy) is 1. The number of halogens is 3. The summed E-state index contributed by atoms with van der Waals surface area (Å²) >= 11 is 0. The molecule has 148 valence electrons. The summed E-state index contributed by atoms with van der Waals surface area (Å²) in [5, 5.41) is 13.4. The zero-order chi connectivity index (χ0) is 19.4. The maximum atomic E-state index is 12.6. The van der Waals surface area contributed by atoms with Crippen LogP contribution in [0.15, 0.2) is 0 Å². The van der Waals surface area contributed by atoms with Gasteiger partial charge in [0.15, 0.2) is 0 Å². The van der Waals surface area contributed by atoms with E-state index in [2.05, 4.69) is 5.32 Å². The quantitative estimate of drug-likeness (QED) is 0.771. The maximum Gasteiger partial charge on any atom is 0.407 e. The molecule has 26 heavy (non-hydrogen) atoms. The minimum Gasteiger partial charge on any atom is -0.444 e. The van der Waals surface area contributed by atoms with Gasteiger partial charge in [0.2, 0.25) is 5.91 Å². The SMILES string of the molecule is CC(C)(C)OC(=O)NC1C2CC3CC1C(C2O)N(C(=O)CC(F)(F)F)C3. The summed E-state index contributed by atoms with van der Waals surface area (Å²) in [5.74, 6) is -1.49. The molecule has 6 nitrogen and oxygen atoms in total. The lowest BCUT2D eigenvalue weighted by Gasteiger charge is -2.45. The van der Waals surface area contributed by atoms with Crippen LogP contribution in [0, 0.1) is 17.8 Å². The smallest absolute Gasteiger partial charge is 0.407 e. The van der Waals surface area contributed by atoms with E-state index in [9.17, 15) is 27.9 Å². The Hall–Kier alpha value is -1.51. The fraction of sp³-hybridized carbons (Fsp3) is 0.882. The number of piperidine rings is 1. The number of aliphatic hydroxyl groups is 1. The van der Waals surface area contributed by atoms with E-state index in [1.54, 1.807) is 20.8 Å². The van der Waals surface area contributed by atoms with Gasteiger partial charge in [0.25, 0.3) is 0 Å². The zero-order valence-electron chi connectivity index (χ0n) is 15.0. The van der Waals surface area contributed by atoms with E-state index < -0.39 is 48.4 Å². The maximum absolute atomic E-state index is 12.6. The Bertz CT molecular complexity index is 590. The molecule has 2 aliphatic carbocycles. The Morgan fingerprint density at radius 1 is 1.19 bits per heavy atom. The summed E-state index contributed by atoms with van der Waals surface area (Å²) < 4.78 is 43.2. The van der Waals surface area contributed by atoms with E-state index in [0.717, 1.165) is 0 Å². The summed E-state index contributed by atoms with van der Waals surface area (Å²) in [6.07, 6.45) is -6.41. The number of fused-ring (bicyclic) bond motifs is 2. The van der Waals surface area contributed by atoms with Crippen LogP contribution >= 0.6 is 0 Å². The monoisotopic (exact) mass is 378 g/mol. The number of alkyl halides is 3. The average molecular weight is 378 g/mol. The number of hydrogen-bond acceptors (Lipinski definition) is 4. The molecule has 2 saturated carbocycles. The van der Waals surface area contributed by atoms with Gasteiger partial charge in [-0.3, -0.25) is 4.79 Å². The van der Waals surface area contributed by atoms with Crippen LogP contribution in [0.2, 0.25) is 0 Å². The van der Waals surface area contributed by atoms with Crippen molar-refractivity contribution in [1.29, 1.82) is 0 Å². The van der Waals surface area contributed by atoms with Gasteiger partial charge in [0.1, 0.15) is 12.0 Å². The summed E-state index contributed by atoms with van der Waals surface area (Å²) in [5.41, 5.74) is -0.676. The Kier molecular flexibility index (Phi) is 4.65. The highest BCUT2D eigenvalue weighted by atomic mass is 19.4. The molecule has 1 heterocycles. The molecular weight excluding hydrogens is 353 g/mol. The Morgan fingerprint density at radius 3 is 2.38 bits per heavy atom. The van der Waals surface area contributed by atoms with Crippen LogP contribution in [-0.2, 0) is 9.53 Å². The number of alkyl carbamates (subject to hydrolysis) is 1. The van der Waals surface area contributed by atoms with Crippen molar-refractivity contribution in [3.63, 3.8) is 0 Å². The summed E-state index contributed by atoms with van der Waals surface area (Å²) in [7, 11) is 0. The molecule has 2 N–H and O–H groups in total. The van der Waals surface area contributed by atoms with Gasteiger partial charge in [-0.2, -0.15) is 13.2 Å². The molecule has 3 rings (SSSR count).